The fourth-order valence-electron chi connectivity index (χ4n) is 2.57. The Morgan fingerprint density at radius 1 is 1.37 bits per heavy atom. The van der Waals surface area contributed by atoms with E-state index >= 15 is 0 Å². The number of aryl methyl sites for hydroxylation is 1. The van der Waals surface area contributed by atoms with Gasteiger partial charge in [0.1, 0.15) is 11.6 Å². The molecule has 2 rings (SSSR count). The van der Waals surface area contributed by atoms with Crippen molar-refractivity contribution in [1.82, 2.24) is 19.8 Å². The Morgan fingerprint density at radius 3 is 2.63 bits per heavy atom. The van der Waals surface area contributed by atoms with E-state index in [1.807, 2.05) is 13.0 Å². The van der Waals surface area contributed by atoms with Crippen LogP contribution < -0.4 is 11.3 Å². The van der Waals surface area contributed by atoms with Crippen molar-refractivity contribution in [2.24, 2.45) is 5.84 Å². The van der Waals surface area contributed by atoms with E-state index in [1.165, 1.54) is 12.8 Å². The van der Waals surface area contributed by atoms with Crippen LogP contribution in [0.2, 0.25) is 0 Å². The largest absolute Gasteiger partial charge is 0.308 e. The highest BCUT2D eigenvalue weighted by molar-refractivity contribution is 5.33. The number of hydrazine groups is 1. The maximum Gasteiger partial charge on any atom is 0.145 e. The standard InChI is InChI=1S/C13H24N6/c1-10-8-12(17-14)16-13(15-10)9-19-6-4-11(5-7-19)18(2)3/h8,11H,4-7,9,14H2,1-3H3,(H,15,16,17). The number of nitrogens with zero attached hydrogens (tertiary/aromatic N) is 4. The topological polar surface area (TPSA) is 70.3 Å². The Labute approximate surface area is 115 Å². The van der Waals surface area contributed by atoms with Crippen molar-refractivity contribution >= 4 is 5.82 Å². The van der Waals surface area contributed by atoms with Gasteiger partial charge in [-0.2, -0.15) is 0 Å². The van der Waals surface area contributed by atoms with Crippen molar-refractivity contribution in [2.45, 2.75) is 32.4 Å². The summed E-state index contributed by atoms with van der Waals surface area (Å²) >= 11 is 0. The summed E-state index contributed by atoms with van der Waals surface area (Å²) in [4.78, 5) is 13.6. The molecule has 0 spiro atoms. The summed E-state index contributed by atoms with van der Waals surface area (Å²) in [6.45, 7) is 4.97. The van der Waals surface area contributed by atoms with Crippen LogP contribution in [-0.4, -0.2) is 53.0 Å². The van der Waals surface area contributed by atoms with Crippen molar-refractivity contribution in [3.8, 4) is 0 Å². The van der Waals surface area contributed by atoms with Crippen LogP contribution in [0.25, 0.3) is 0 Å². The van der Waals surface area contributed by atoms with Gasteiger partial charge in [-0.3, -0.25) is 4.90 Å². The van der Waals surface area contributed by atoms with Crippen LogP contribution in [0.15, 0.2) is 6.07 Å². The summed E-state index contributed by atoms with van der Waals surface area (Å²) in [5, 5.41) is 0. The predicted molar refractivity (Wildman–Crippen MR) is 76.6 cm³/mol. The van der Waals surface area contributed by atoms with Crippen LogP contribution in [0.4, 0.5) is 5.82 Å². The Balaban J connectivity index is 1.93. The number of piperidine rings is 1. The van der Waals surface area contributed by atoms with Crippen molar-refractivity contribution in [2.75, 3.05) is 32.6 Å². The molecule has 0 atom stereocenters. The average molecular weight is 264 g/mol. The predicted octanol–water partition coefficient (Wildman–Crippen LogP) is 0.597. The van der Waals surface area contributed by atoms with Crippen molar-refractivity contribution in [1.29, 1.82) is 0 Å². The summed E-state index contributed by atoms with van der Waals surface area (Å²) in [5.74, 6) is 6.94. The molecule has 6 heteroatoms. The van der Waals surface area contributed by atoms with E-state index in [2.05, 4.69) is 39.3 Å². The number of rotatable bonds is 4. The Morgan fingerprint density at radius 2 is 2.05 bits per heavy atom. The summed E-state index contributed by atoms with van der Waals surface area (Å²) in [7, 11) is 4.31. The van der Waals surface area contributed by atoms with Gasteiger partial charge in [0.05, 0.1) is 6.54 Å². The molecule has 0 unspecified atom stereocenters. The van der Waals surface area contributed by atoms with Crippen LogP contribution in [0.1, 0.15) is 24.4 Å². The van der Waals surface area contributed by atoms with Crippen LogP contribution in [-0.2, 0) is 6.54 Å². The van der Waals surface area contributed by atoms with E-state index < -0.39 is 0 Å². The highest BCUT2D eigenvalue weighted by Crippen LogP contribution is 2.16. The first-order valence-electron chi connectivity index (χ1n) is 6.78. The number of hydrogen-bond acceptors (Lipinski definition) is 6. The van der Waals surface area contributed by atoms with Gasteiger partial charge in [0.15, 0.2) is 0 Å². The van der Waals surface area contributed by atoms with E-state index in [0.717, 1.165) is 31.2 Å². The Bertz CT molecular complexity index is 412. The summed E-state index contributed by atoms with van der Waals surface area (Å²) in [6.07, 6.45) is 2.42. The molecule has 0 radical (unpaired) electrons. The summed E-state index contributed by atoms with van der Waals surface area (Å²) < 4.78 is 0. The van der Waals surface area contributed by atoms with Gasteiger partial charge in [0, 0.05) is 30.9 Å². The fourth-order valence-corrected chi connectivity index (χ4v) is 2.57. The van der Waals surface area contributed by atoms with E-state index in [-0.39, 0.29) is 0 Å². The lowest BCUT2D eigenvalue weighted by molar-refractivity contribution is 0.137. The monoisotopic (exact) mass is 264 g/mol. The van der Waals surface area contributed by atoms with Gasteiger partial charge in [-0.1, -0.05) is 0 Å². The summed E-state index contributed by atoms with van der Waals surface area (Å²) in [5.41, 5.74) is 3.54. The molecule has 1 aromatic rings. The van der Waals surface area contributed by atoms with E-state index in [1.54, 1.807) is 0 Å². The third-order valence-electron chi connectivity index (χ3n) is 3.70. The third-order valence-corrected chi connectivity index (χ3v) is 3.70. The minimum Gasteiger partial charge on any atom is -0.308 e. The van der Waals surface area contributed by atoms with E-state index in [9.17, 15) is 0 Å². The van der Waals surface area contributed by atoms with Crippen LogP contribution in [0.5, 0.6) is 0 Å². The molecule has 1 aliphatic heterocycles. The quantitative estimate of drug-likeness (QED) is 0.613. The lowest BCUT2D eigenvalue weighted by Crippen LogP contribution is -2.41. The van der Waals surface area contributed by atoms with E-state index in [4.69, 9.17) is 5.84 Å². The molecule has 1 fully saturated rings. The third kappa shape index (κ3) is 3.86. The van der Waals surface area contributed by atoms with Gasteiger partial charge in [0.25, 0.3) is 0 Å². The molecular weight excluding hydrogens is 240 g/mol. The SMILES string of the molecule is Cc1cc(NN)nc(CN2CCC(N(C)C)CC2)n1. The van der Waals surface area contributed by atoms with Gasteiger partial charge in [-0.15, -0.1) is 0 Å². The molecule has 0 saturated carbocycles. The zero-order chi connectivity index (χ0) is 13.8. The van der Waals surface area contributed by atoms with Crippen LogP contribution in [0.3, 0.4) is 0 Å². The van der Waals surface area contributed by atoms with Crippen molar-refractivity contribution in [3.05, 3.63) is 17.6 Å². The van der Waals surface area contributed by atoms with Gasteiger partial charge in [-0.25, -0.2) is 15.8 Å². The minimum atomic E-state index is 0.686. The molecule has 1 aromatic heterocycles. The van der Waals surface area contributed by atoms with E-state index in [0.29, 0.717) is 11.9 Å². The Hall–Kier alpha value is -1.24. The van der Waals surface area contributed by atoms with Gasteiger partial charge < -0.3 is 10.3 Å². The molecule has 19 heavy (non-hydrogen) atoms. The number of nitrogens with two attached hydrogens (primary N) is 1. The molecular formula is C13H24N6. The molecule has 0 bridgehead atoms. The highest BCUT2D eigenvalue weighted by Gasteiger charge is 2.21. The minimum absolute atomic E-state index is 0.686. The smallest absolute Gasteiger partial charge is 0.145 e. The maximum absolute atomic E-state index is 5.41. The Kier molecular flexibility index (Phi) is 4.68. The van der Waals surface area contributed by atoms with Gasteiger partial charge in [0.2, 0.25) is 0 Å². The second-order valence-electron chi connectivity index (χ2n) is 5.43. The normalized spacial score (nSPS) is 17.9. The number of anilines is 1. The molecule has 1 saturated heterocycles. The van der Waals surface area contributed by atoms with Gasteiger partial charge >= 0.3 is 0 Å². The fraction of sp³-hybridized carbons (Fsp3) is 0.692. The maximum atomic E-state index is 5.41. The molecule has 3 N–H and O–H groups in total. The molecule has 0 aliphatic carbocycles. The first kappa shape index (κ1) is 14.2. The van der Waals surface area contributed by atoms with Crippen LogP contribution in [0, 0.1) is 6.92 Å². The number of nitrogens with one attached hydrogen (secondary N) is 1. The van der Waals surface area contributed by atoms with Gasteiger partial charge in [-0.05, 0) is 33.9 Å². The zero-order valence-corrected chi connectivity index (χ0v) is 12.1. The summed E-state index contributed by atoms with van der Waals surface area (Å²) in [6, 6.07) is 2.55. The molecule has 1 aliphatic rings. The number of aromatic nitrogens is 2. The lowest BCUT2D eigenvalue weighted by Gasteiger charge is -2.34. The first-order chi connectivity index (χ1) is 9.08. The molecule has 0 amide bonds. The zero-order valence-electron chi connectivity index (χ0n) is 12.1. The molecule has 2 heterocycles. The lowest BCUT2D eigenvalue weighted by atomic mass is 10.0. The second-order valence-corrected chi connectivity index (χ2v) is 5.43. The number of likely N-dealkylation sites (tertiary alicyclic amines) is 1. The first-order valence-corrected chi connectivity index (χ1v) is 6.78. The van der Waals surface area contributed by atoms with Crippen LogP contribution >= 0.6 is 0 Å². The second kappa shape index (κ2) is 6.27. The molecule has 106 valence electrons. The van der Waals surface area contributed by atoms with Crippen molar-refractivity contribution < 1.29 is 0 Å². The average Bonchev–Trinajstić information content (AvgIpc) is 2.38. The highest BCUT2D eigenvalue weighted by atomic mass is 15.3. The van der Waals surface area contributed by atoms with Crippen molar-refractivity contribution in [3.63, 3.8) is 0 Å². The molecule has 0 aromatic carbocycles. The number of nitrogen functional groups attached to an aromatic ring is 1. The number of hydrogen-bond donors (Lipinski definition) is 2. The molecule has 6 nitrogen and oxygen atoms in total.